The maximum Gasteiger partial charge on any atom is 0.310 e. The lowest BCUT2D eigenvalue weighted by Gasteiger charge is -2.17. The van der Waals surface area contributed by atoms with Crippen LogP contribution in [-0.4, -0.2) is 14.8 Å². The Bertz CT molecular complexity index is 385. The number of benzene rings is 1. The van der Waals surface area contributed by atoms with E-state index in [0.717, 1.165) is 4.90 Å². The Hall–Kier alpha value is -1.23. The zero-order chi connectivity index (χ0) is 11.6. The molecular formula is C10H13NO3S. The molecule has 0 aliphatic rings. The minimum atomic E-state index is -0.596. The summed E-state index contributed by atoms with van der Waals surface area (Å²) >= 11 is 1.55. The molecule has 1 N–H and O–H groups in total. The van der Waals surface area contributed by atoms with Gasteiger partial charge in [-0.25, -0.2) is 0 Å². The van der Waals surface area contributed by atoms with Crippen molar-refractivity contribution < 1.29 is 10.0 Å². The summed E-state index contributed by atoms with van der Waals surface area (Å²) in [6, 6.07) is 4.39. The molecule has 0 amide bonds. The zero-order valence-electron chi connectivity index (χ0n) is 8.85. The third-order valence-electron chi connectivity index (χ3n) is 1.57. The summed E-state index contributed by atoms with van der Waals surface area (Å²) in [5.41, 5.74) is -0.256. The first kappa shape index (κ1) is 11.8. The molecule has 15 heavy (non-hydrogen) atoms. The molecule has 0 aliphatic carbocycles. The van der Waals surface area contributed by atoms with Gasteiger partial charge in [0.15, 0.2) is 5.75 Å². The van der Waals surface area contributed by atoms with E-state index >= 15 is 0 Å². The van der Waals surface area contributed by atoms with Crippen LogP contribution in [0.4, 0.5) is 5.69 Å². The normalized spacial score (nSPS) is 11.4. The number of rotatable bonds is 2. The first-order valence-electron chi connectivity index (χ1n) is 4.46. The third kappa shape index (κ3) is 3.43. The van der Waals surface area contributed by atoms with Crippen LogP contribution in [-0.2, 0) is 0 Å². The van der Waals surface area contributed by atoms with Gasteiger partial charge in [0.2, 0.25) is 0 Å². The van der Waals surface area contributed by atoms with Gasteiger partial charge in [-0.2, -0.15) is 0 Å². The second-order valence-electron chi connectivity index (χ2n) is 4.12. The van der Waals surface area contributed by atoms with Crippen LogP contribution >= 0.6 is 11.8 Å². The summed E-state index contributed by atoms with van der Waals surface area (Å²) in [4.78, 5) is 10.7. The van der Waals surface area contributed by atoms with Crippen LogP contribution in [0, 0.1) is 10.1 Å². The van der Waals surface area contributed by atoms with Gasteiger partial charge < -0.3 is 5.11 Å². The molecule has 0 spiro atoms. The van der Waals surface area contributed by atoms with Gasteiger partial charge in [0.1, 0.15) is 0 Å². The highest BCUT2D eigenvalue weighted by molar-refractivity contribution is 8.00. The standard InChI is InChI=1S/C10H13NO3S/c1-10(2,3)15-7-4-5-8(11(13)14)9(12)6-7/h4-6,12H,1-3H3. The average molecular weight is 227 g/mol. The van der Waals surface area contributed by atoms with Crippen molar-refractivity contribution in [3.63, 3.8) is 0 Å². The largest absolute Gasteiger partial charge is 0.502 e. The van der Waals surface area contributed by atoms with Crippen molar-refractivity contribution in [2.24, 2.45) is 0 Å². The molecule has 0 saturated carbocycles. The van der Waals surface area contributed by atoms with Crippen molar-refractivity contribution in [3.05, 3.63) is 28.3 Å². The van der Waals surface area contributed by atoms with Gasteiger partial charge in [-0.05, 0) is 6.07 Å². The Morgan fingerprint density at radius 2 is 2.00 bits per heavy atom. The maximum absolute atomic E-state index is 10.5. The van der Waals surface area contributed by atoms with E-state index in [1.807, 2.05) is 20.8 Å². The van der Waals surface area contributed by atoms with Crippen molar-refractivity contribution in [3.8, 4) is 5.75 Å². The fourth-order valence-electron chi connectivity index (χ4n) is 1.07. The Balaban J connectivity index is 2.97. The summed E-state index contributed by atoms with van der Waals surface area (Å²) in [6.45, 7) is 6.11. The molecule has 0 aliphatic heterocycles. The number of nitro groups is 1. The third-order valence-corrected chi connectivity index (χ3v) is 2.67. The molecule has 0 fully saturated rings. The summed E-state index contributed by atoms with van der Waals surface area (Å²) < 4.78 is 0.0164. The number of phenolic OH excluding ortho intramolecular Hbond substituents is 1. The van der Waals surface area contributed by atoms with Crippen molar-refractivity contribution in [1.29, 1.82) is 0 Å². The van der Waals surface area contributed by atoms with Gasteiger partial charge >= 0.3 is 5.69 Å². The van der Waals surface area contributed by atoms with Gasteiger partial charge in [-0.15, -0.1) is 11.8 Å². The highest BCUT2D eigenvalue weighted by Gasteiger charge is 2.16. The Morgan fingerprint density at radius 1 is 1.40 bits per heavy atom. The Morgan fingerprint density at radius 3 is 2.40 bits per heavy atom. The number of hydrogen-bond donors (Lipinski definition) is 1. The number of thioether (sulfide) groups is 1. The minimum absolute atomic E-state index is 0.0164. The molecule has 82 valence electrons. The quantitative estimate of drug-likeness (QED) is 0.478. The monoisotopic (exact) mass is 227 g/mol. The van der Waals surface area contributed by atoms with E-state index in [4.69, 9.17) is 0 Å². The van der Waals surface area contributed by atoms with Crippen molar-refractivity contribution in [1.82, 2.24) is 0 Å². The van der Waals surface area contributed by atoms with Gasteiger partial charge in [-0.3, -0.25) is 10.1 Å². The maximum atomic E-state index is 10.5. The van der Waals surface area contributed by atoms with Crippen LogP contribution in [0.15, 0.2) is 23.1 Å². The van der Waals surface area contributed by atoms with E-state index in [0.29, 0.717) is 0 Å². The predicted octanol–water partition coefficient (Wildman–Crippen LogP) is 3.19. The summed E-state index contributed by atoms with van der Waals surface area (Å²) in [6.07, 6.45) is 0. The number of nitrogens with zero attached hydrogens (tertiary/aromatic N) is 1. The number of phenols is 1. The van der Waals surface area contributed by atoms with Gasteiger partial charge in [0.05, 0.1) is 4.92 Å². The van der Waals surface area contributed by atoms with E-state index in [-0.39, 0.29) is 16.2 Å². The molecule has 1 aromatic rings. The fraction of sp³-hybridized carbons (Fsp3) is 0.400. The van der Waals surface area contributed by atoms with Crippen LogP contribution in [0.1, 0.15) is 20.8 Å². The molecule has 0 unspecified atom stereocenters. The average Bonchev–Trinajstić information content (AvgIpc) is 1.99. The molecule has 0 radical (unpaired) electrons. The van der Waals surface area contributed by atoms with Crippen LogP contribution in [0.2, 0.25) is 0 Å². The molecule has 0 atom stereocenters. The van der Waals surface area contributed by atoms with Crippen molar-refractivity contribution >= 4 is 17.4 Å². The number of aromatic hydroxyl groups is 1. The van der Waals surface area contributed by atoms with E-state index < -0.39 is 4.92 Å². The molecule has 4 nitrogen and oxygen atoms in total. The van der Waals surface area contributed by atoms with Gasteiger partial charge in [0.25, 0.3) is 0 Å². The van der Waals surface area contributed by atoms with E-state index in [9.17, 15) is 15.2 Å². The second-order valence-corrected chi connectivity index (χ2v) is 6.02. The van der Waals surface area contributed by atoms with Gasteiger partial charge in [-0.1, -0.05) is 20.8 Å². The Labute approximate surface area is 92.5 Å². The van der Waals surface area contributed by atoms with Crippen LogP contribution in [0.25, 0.3) is 0 Å². The highest BCUT2D eigenvalue weighted by Crippen LogP contribution is 2.36. The second kappa shape index (κ2) is 4.10. The molecule has 0 heterocycles. The number of nitro benzene ring substituents is 1. The van der Waals surface area contributed by atoms with Crippen molar-refractivity contribution in [2.75, 3.05) is 0 Å². The zero-order valence-corrected chi connectivity index (χ0v) is 9.67. The van der Waals surface area contributed by atoms with Gasteiger partial charge in [0, 0.05) is 21.8 Å². The lowest BCUT2D eigenvalue weighted by Crippen LogP contribution is -2.06. The van der Waals surface area contributed by atoms with E-state index in [1.54, 1.807) is 17.8 Å². The number of hydrogen-bond acceptors (Lipinski definition) is 4. The Kier molecular flexibility index (Phi) is 3.24. The van der Waals surface area contributed by atoms with E-state index in [1.165, 1.54) is 12.1 Å². The molecule has 1 rings (SSSR count). The summed E-state index contributed by atoms with van der Waals surface area (Å²) in [5, 5.41) is 19.9. The highest BCUT2D eigenvalue weighted by atomic mass is 32.2. The fourth-order valence-corrected chi connectivity index (χ4v) is 2.09. The molecule has 5 heteroatoms. The lowest BCUT2D eigenvalue weighted by molar-refractivity contribution is -0.385. The van der Waals surface area contributed by atoms with Crippen LogP contribution < -0.4 is 0 Å². The molecule has 0 aromatic heterocycles. The molecular weight excluding hydrogens is 214 g/mol. The van der Waals surface area contributed by atoms with Crippen LogP contribution in [0.3, 0.4) is 0 Å². The molecule has 0 bridgehead atoms. The molecule has 0 saturated heterocycles. The van der Waals surface area contributed by atoms with E-state index in [2.05, 4.69) is 0 Å². The first-order valence-corrected chi connectivity index (χ1v) is 5.28. The SMILES string of the molecule is CC(C)(C)Sc1ccc([N+](=O)[O-])c(O)c1. The summed E-state index contributed by atoms with van der Waals surface area (Å²) in [7, 11) is 0. The topological polar surface area (TPSA) is 63.4 Å². The summed E-state index contributed by atoms with van der Waals surface area (Å²) in [5.74, 6) is -0.283. The predicted molar refractivity (Wildman–Crippen MR) is 60.4 cm³/mol. The van der Waals surface area contributed by atoms with Crippen LogP contribution in [0.5, 0.6) is 5.75 Å². The first-order chi connectivity index (χ1) is 6.79. The lowest BCUT2D eigenvalue weighted by atomic mass is 10.3. The minimum Gasteiger partial charge on any atom is -0.502 e. The van der Waals surface area contributed by atoms with Crippen molar-refractivity contribution in [2.45, 2.75) is 30.4 Å². The smallest absolute Gasteiger partial charge is 0.310 e. The molecule has 1 aromatic carbocycles.